The van der Waals surface area contributed by atoms with Crippen molar-refractivity contribution in [3.05, 3.63) is 96.5 Å². The van der Waals surface area contributed by atoms with E-state index in [0.717, 1.165) is 26.6 Å². The first-order valence-electron chi connectivity index (χ1n) is 10.2. The van der Waals surface area contributed by atoms with Gasteiger partial charge in [-0.15, -0.1) is 11.3 Å². The van der Waals surface area contributed by atoms with E-state index in [4.69, 9.17) is 5.26 Å². The molecule has 0 unspecified atom stereocenters. The Balaban J connectivity index is 1.62. The average Bonchev–Trinajstić information content (AvgIpc) is 3.45. The SMILES string of the molecule is C=C/C(C#N)=C\C=C(/C)c1c(C)nn(-c2ccc(-c3ncc(-c4ccccc4)s3)cn2)c1O. The largest absolute Gasteiger partial charge is 0.493 e. The fourth-order valence-electron chi connectivity index (χ4n) is 3.37. The lowest BCUT2D eigenvalue weighted by atomic mass is 10.1. The number of rotatable bonds is 6. The van der Waals surface area contributed by atoms with Gasteiger partial charge in [-0.1, -0.05) is 49.1 Å². The highest BCUT2D eigenvalue weighted by atomic mass is 32.1. The molecule has 0 spiro atoms. The number of aryl methyl sites for hydroxylation is 1. The van der Waals surface area contributed by atoms with Gasteiger partial charge >= 0.3 is 0 Å². The summed E-state index contributed by atoms with van der Waals surface area (Å²) in [6, 6.07) is 15.9. The standard InChI is InChI=1S/C26H21N5OS/c1-4-19(14-27)11-10-17(2)24-18(3)30-31(26(24)32)23-13-12-21(15-28-23)25-29-16-22(33-25)20-8-6-5-7-9-20/h4-13,15-16,32H,1H2,2-3H3/b17-10+,19-11+. The number of aromatic hydroxyl groups is 1. The number of pyridine rings is 1. The molecule has 0 aliphatic carbocycles. The highest BCUT2D eigenvalue weighted by Crippen LogP contribution is 2.33. The average molecular weight is 452 g/mol. The minimum atomic E-state index is -0.00683. The number of nitriles is 1. The summed E-state index contributed by atoms with van der Waals surface area (Å²) in [6.07, 6.45) is 8.50. The third kappa shape index (κ3) is 4.52. The van der Waals surface area contributed by atoms with E-state index >= 15 is 0 Å². The quantitative estimate of drug-likeness (QED) is 0.282. The van der Waals surface area contributed by atoms with Crippen molar-refractivity contribution in [2.24, 2.45) is 0 Å². The molecule has 1 aromatic carbocycles. The van der Waals surface area contributed by atoms with Gasteiger partial charge in [0, 0.05) is 18.0 Å². The molecule has 0 bridgehead atoms. The van der Waals surface area contributed by atoms with Crippen LogP contribution in [0.25, 0.3) is 32.4 Å². The highest BCUT2D eigenvalue weighted by Gasteiger charge is 2.18. The van der Waals surface area contributed by atoms with Crippen molar-refractivity contribution in [1.29, 1.82) is 5.26 Å². The van der Waals surface area contributed by atoms with Crippen molar-refractivity contribution in [3.63, 3.8) is 0 Å². The summed E-state index contributed by atoms with van der Waals surface area (Å²) in [5.74, 6) is 0.491. The highest BCUT2D eigenvalue weighted by molar-refractivity contribution is 7.18. The van der Waals surface area contributed by atoms with Crippen LogP contribution in [0, 0.1) is 18.3 Å². The Morgan fingerprint density at radius 1 is 1.09 bits per heavy atom. The minimum absolute atomic E-state index is 0.00683. The number of allylic oxidation sites excluding steroid dienone is 5. The number of hydrogen-bond acceptors (Lipinski definition) is 6. The van der Waals surface area contributed by atoms with Gasteiger partial charge in [-0.25, -0.2) is 9.97 Å². The van der Waals surface area contributed by atoms with Crippen LogP contribution in [0.2, 0.25) is 0 Å². The Labute approximate surface area is 196 Å². The van der Waals surface area contributed by atoms with Crippen LogP contribution in [-0.4, -0.2) is 24.9 Å². The molecule has 0 saturated carbocycles. The van der Waals surface area contributed by atoms with Gasteiger partial charge in [-0.3, -0.25) is 0 Å². The zero-order chi connectivity index (χ0) is 23.4. The second kappa shape index (κ2) is 9.47. The number of benzene rings is 1. The lowest BCUT2D eigenvalue weighted by Gasteiger charge is -2.04. The van der Waals surface area contributed by atoms with Gasteiger partial charge in [0.1, 0.15) is 5.01 Å². The van der Waals surface area contributed by atoms with E-state index in [1.54, 1.807) is 35.8 Å². The molecule has 7 heteroatoms. The summed E-state index contributed by atoms with van der Waals surface area (Å²) in [5, 5.41) is 25.2. The van der Waals surface area contributed by atoms with E-state index in [9.17, 15) is 5.11 Å². The first kappa shape index (κ1) is 21.9. The molecule has 6 nitrogen and oxygen atoms in total. The summed E-state index contributed by atoms with van der Waals surface area (Å²) in [7, 11) is 0. The Bertz CT molecular complexity index is 1400. The number of thiazole rings is 1. The van der Waals surface area contributed by atoms with Crippen LogP contribution < -0.4 is 0 Å². The van der Waals surface area contributed by atoms with Crippen LogP contribution in [0.1, 0.15) is 18.2 Å². The molecular weight excluding hydrogens is 430 g/mol. The van der Waals surface area contributed by atoms with Crippen molar-refractivity contribution < 1.29 is 5.11 Å². The Kier molecular flexibility index (Phi) is 6.29. The molecule has 0 aliphatic heterocycles. The number of aromatic nitrogens is 4. The van der Waals surface area contributed by atoms with Crippen LogP contribution in [0.3, 0.4) is 0 Å². The Morgan fingerprint density at radius 3 is 2.55 bits per heavy atom. The van der Waals surface area contributed by atoms with Crippen molar-refractivity contribution in [2.75, 3.05) is 0 Å². The molecule has 0 radical (unpaired) electrons. The maximum absolute atomic E-state index is 10.8. The van der Waals surface area contributed by atoms with Crippen LogP contribution in [0.15, 0.2) is 85.2 Å². The third-order valence-electron chi connectivity index (χ3n) is 5.07. The molecule has 4 rings (SSSR count). The Morgan fingerprint density at radius 2 is 1.88 bits per heavy atom. The van der Waals surface area contributed by atoms with E-state index < -0.39 is 0 Å². The van der Waals surface area contributed by atoms with Gasteiger partial charge in [0.05, 0.1) is 27.8 Å². The van der Waals surface area contributed by atoms with Gasteiger partial charge in [0.15, 0.2) is 5.82 Å². The molecule has 3 aromatic heterocycles. The molecule has 33 heavy (non-hydrogen) atoms. The summed E-state index contributed by atoms with van der Waals surface area (Å²) in [4.78, 5) is 10.1. The maximum atomic E-state index is 10.8. The second-order valence-electron chi connectivity index (χ2n) is 7.28. The van der Waals surface area contributed by atoms with Crippen molar-refractivity contribution in [1.82, 2.24) is 19.7 Å². The van der Waals surface area contributed by atoms with Crippen molar-refractivity contribution in [2.45, 2.75) is 13.8 Å². The normalized spacial score (nSPS) is 11.9. The molecule has 3 heterocycles. The Hall–Kier alpha value is -4.28. The first-order chi connectivity index (χ1) is 16.0. The monoisotopic (exact) mass is 451 g/mol. The number of hydrogen-bond donors (Lipinski definition) is 1. The topological polar surface area (TPSA) is 87.6 Å². The van der Waals surface area contributed by atoms with E-state index in [2.05, 4.69) is 33.8 Å². The fourth-order valence-corrected chi connectivity index (χ4v) is 4.28. The molecule has 0 amide bonds. The molecule has 0 atom stereocenters. The lowest BCUT2D eigenvalue weighted by molar-refractivity contribution is 0.430. The maximum Gasteiger partial charge on any atom is 0.223 e. The smallest absolute Gasteiger partial charge is 0.223 e. The first-order valence-corrected chi connectivity index (χ1v) is 11.0. The second-order valence-corrected chi connectivity index (χ2v) is 8.31. The molecule has 0 aliphatic rings. The van der Waals surface area contributed by atoms with Gasteiger partial charge in [0.2, 0.25) is 5.88 Å². The molecule has 1 N–H and O–H groups in total. The molecule has 4 aromatic rings. The van der Waals surface area contributed by atoms with E-state index in [-0.39, 0.29) is 5.88 Å². The van der Waals surface area contributed by atoms with Crippen molar-refractivity contribution in [3.8, 4) is 38.8 Å². The number of nitrogens with zero attached hydrogens (tertiary/aromatic N) is 5. The van der Waals surface area contributed by atoms with Gasteiger partial charge in [0.25, 0.3) is 0 Å². The van der Waals surface area contributed by atoms with E-state index in [0.29, 0.717) is 22.6 Å². The van der Waals surface area contributed by atoms with Crippen LogP contribution in [0.4, 0.5) is 0 Å². The zero-order valence-electron chi connectivity index (χ0n) is 18.2. The minimum Gasteiger partial charge on any atom is -0.493 e. The van der Waals surface area contributed by atoms with Crippen LogP contribution in [0.5, 0.6) is 5.88 Å². The van der Waals surface area contributed by atoms with Gasteiger partial charge in [-0.05, 0) is 43.2 Å². The predicted octanol–water partition coefficient (Wildman–Crippen LogP) is 6.11. The zero-order valence-corrected chi connectivity index (χ0v) is 19.0. The van der Waals surface area contributed by atoms with Crippen LogP contribution in [-0.2, 0) is 0 Å². The fraction of sp³-hybridized carbons (Fsp3) is 0.0769. The van der Waals surface area contributed by atoms with Crippen LogP contribution >= 0.6 is 11.3 Å². The molecule has 0 saturated heterocycles. The summed E-state index contributed by atoms with van der Waals surface area (Å²) in [6.45, 7) is 7.28. The lowest BCUT2D eigenvalue weighted by Crippen LogP contribution is -1.99. The van der Waals surface area contributed by atoms with Gasteiger partial charge < -0.3 is 5.11 Å². The molecular formula is C26H21N5OS. The molecule has 162 valence electrons. The summed E-state index contributed by atoms with van der Waals surface area (Å²) in [5.41, 5.74) is 4.50. The summed E-state index contributed by atoms with van der Waals surface area (Å²) < 4.78 is 1.41. The summed E-state index contributed by atoms with van der Waals surface area (Å²) >= 11 is 1.60. The van der Waals surface area contributed by atoms with E-state index in [1.165, 1.54) is 10.8 Å². The third-order valence-corrected chi connectivity index (χ3v) is 6.16. The van der Waals surface area contributed by atoms with Crippen molar-refractivity contribution >= 4 is 16.9 Å². The van der Waals surface area contributed by atoms with E-state index in [1.807, 2.05) is 50.4 Å². The predicted molar refractivity (Wildman–Crippen MR) is 132 cm³/mol. The van der Waals surface area contributed by atoms with Gasteiger partial charge in [-0.2, -0.15) is 15.0 Å². The molecule has 0 fully saturated rings.